The molecule has 0 aliphatic rings. The van der Waals surface area contributed by atoms with Crippen molar-refractivity contribution in [1.82, 2.24) is 9.78 Å². The van der Waals surface area contributed by atoms with Crippen LogP contribution >= 0.6 is 15.9 Å². The van der Waals surface area contributed by atoms with Crippen LogP contribution in [-0.2, 0) is 0 Å². The molecule has 0 unspecified atom stereocenters. The van der Waals surface area contributed by atoms with Crippen LogP contribution in [0.3, 0.4) is 0 Å². The summed E-state index contributed by atoms with van der Waals surface area (Å²) in [6.07, 6.45) is 1.55. The molecule has 94 valence electrons. The predicted octanol–water partition coefficient (Wildman–Crippen LogP) is 3.29. The second kappa shape index (κ2) is 4.59. The van der Waals surface area contributed by atoms with E-state index in [1.165, 1.54) is 12.1 Å². The minimum Gasteiger partial charge on any atom is -0.267 e. The summed E-state index contributed by atoms with van der Waals surface area (Å²) in [6.45, 7) is 0. The van der Waals surface area contributed by atoms with Crippen LogP contribution in [0.4, 0.5) is 4.39 Å². The molecule has 5 heteroatoms. The number of fused-ring (bicyclic) bond motifs is 1. The van der Waals surface area contributed by atoms with Crippen molar-refractivity contribution in [2.45, 2.75) is 0 Å². The molecule has 0 amide bonds. The standard InChI is InChI=1S/C14H8BrFN2O/c15-10-5-6-11-9(7-10)8-17-18(14(11)19)13-4-2-1-3-12(13)16/h1-8H. The number of nitrogens with zero attached hydrogens (tertiary/aromatic N) is 2. The van der Waals surface area contributed by atoms with Gasteiger partial charge in [0, 0.05) is 9.86 Å². The van der Waals surface area contributed by atoms with Crippen molar-refractivity contribution in [2.75, 3.05) is 0 Å². The number of benzene rings is 2. The molecule has 0 radical (unpaired) electrons. The van der Waals surface area contributed by atoms with Crippen molar-refractivity contribution in [1.29, 1.82) is 0 Å². The number of rotatable bonds is 1. The zero-order valence-electron chi connectivity index (χ0n) is 9.68. The first kappa shape index (κ1) is 12.0. The first-order valence-electron chi connectivity index (χ1n) is 5.59. The molecular formula is C14H8BrFN2O. The third-order valence-corrected chi connectivity index (χ3v) is 3.32. The number of halogens is 2. The molecule has 3 nitrogen and oxygen atoms in total. The number of hydrogen-bond acceptors (Lipinski definition) is 2. The van der Waals surface area contributed by atoms with Gasteiger partial charge in [0.25, 0.3) is 5.56 Å². The Bertz CT molecular complexity index is 829. The van der Waals surface area contributed by atoms with Gasteiger partial charge in [0.05, 0.1) is 11.6 Å². The fraction of sp³-hybridized carbons (Fsp3) is 0. The van der Waals surface area contributed by atoms with Gasteiger partial charge in [-0.1, -0.05) is 28.1 Å². The van der Waals surface area contributed by atoms with Crippen LogP contribution in [0, 0.1) is 5.82 Å². The van der Waals surface area contributed by atoms with Crippen molar-refractivity contribution < 1.29 is 4.39 Å². The summed E-state index contributed by atoms with van der Waals surface area (Å²) >= 11 is 3.34. The molecule has 19 heavy (non-hydrogen) atoms. The topological polar surface area (TPSA) is 34.9 Å². The van der Waals surface area contributed by atoms with E-state index in [0.29, 0.717) is 10.8 Å². The highest BCUT2D eigenvalue weighted by atomic mass is 79.9. The zero-order chi connectivity index (χ0) is 13.4. The third-order valence-electron chi connectivity index (χ3n) is 2.83. The Morgan fingerprint density at radius 3 is 2.74 bits per heavy atom. The van der Waals surface area contributed by atoms with Crippen LogP contribution in [0.2, 0.25) is 0 Å². The molecule has 0 atom stereocenters. The van der Waals surface area contributed by atoms with Crippen LogP contribution in [0.15, 0.2) is 57.9 Å². The molecule has 0 N–H and O–H groups in total. The van der Waals surface area contributed by atoms with E-state index in [9.17, 15) is 9.18 Å². The van der Waals surface area contributed by atoms with E-state index in [4.69, 9.17) is 0 Å². The maximum Gasteiger partial charge on any atom is 0.279 e. The summed E-state index contributed by atoms with van der Waals surface area (Å²) in [5.74, 6) is -0.478. The maximum absolute atomic E-state index is 13.7. The van der Waals surface area contributed by atoms with E-state index < -0.39 is 5.82 Å². The molecule has 0 spiro atoms. The molecule has 1 heterocycles. The van der Waals surface area contributed by atoms with Gasteiger partial charge in [0.15, 0.2) is 0 Å². The molecule has 0 fully saturated rings. The fourth-order valence-electron chi connectivity index (χ4n) is 1.92. The van der Waals surface area contributed by atoms with Gasteiger partial charge in [-0.25, -0.2) is 4.39 Å². The lowest BCUT2D eigenvalue weighted by atomic mass is 10.2. The highest BCUT2D eigenvalue weighted by Gasteiger charge is 2.09. The first-order chi connectivity index (χ1) is 9.16. The fourth-order valence-corrected chi connectivity index (χ4v) is 2.30. The highest BCUT2D eigenvalue weighted by Crippen LogP contribution is 2.17. The minimum absolute atomic E-state index is 0.150. The average molecular weight is 319 g/mol. The van der Waals surface area contributed by atoms with E-state index in [0.717, 1.165) is 9.15 Å². The Labute approximate surface area is 116 Å². The summed E-state index contributed by atoms with van der Waals surface area (Å²) < 4.78 is 15.7. The van der Waals surface area contributed by atoms with Crippen molar-refractivity contribution in [3.05, 3.63) is 69.3 Å². The Morgan fingerprint density at radius 1 is 1.16 bits per heavy atom. The molecular weight excluding hydrogens is 311 g/mol. The molecule has 0 saturated heterocycles. The van der Waals surface area contributed by atoms with Crippen molar-refractivity contribution in [2.24, 2.45) is 0 Å². The Morgan fingerprint density at radius 2 is 1.95 bits per heavy atom. The van der Waals surface area contributed by atoms with Crippen molar-refractivity contribution in [3.8, 4) is 5.69 Å². The Balaban J connectivity index is 2.33. The SMILES string of the molecule is O=c1c2ccc(Br)cc2cnn1-c1ccccc1F. The molecule has 0 aliphatic carbocycles. The maximum atomic E-state index is 13.7. The summed E-state index contributed by atoms with van der Waals surface area (Å²) in [6, 6.07) is 11.3. The van der Waals surface area contributed by atoms with Crippen LogP contribution in [0.1, 0.15) is 0 Å². The van der Waals surface area contributed by atoms with E-state index in [1.807, 2.05) is 0 Å². The van der Waals surface area contributed by atoms with Gasteiger partial charge in [-0.05, 0) is 30.3 Å². The van der Waals surface area contributed by atoms with Gasteiger partial charge < -0.3 is 0 Å². The highest BCUT2D eigenvalue weighted by molar-refractivity contribution is 9.10. The van der Waals surface area contributed by atoms with Gasteiger partial charge in [0.1, 0.15) is 11.5 Å². The zero-order valence-corrected chi connectivity index (χ0v) is 11.3. The van der Waals surface area contributed by atoms with Gasteiger partial charge in [0.2, 0.25) is 0 Å². The largest absolute Gasteiger partial charge is 0.279 e. The lowest BCUT2D eigenvalue weighted by Crippen LogP contribution is -2.21. The Hall–Kier alpha value is -2.01. The van der Waals surface area contributed by atoms with Crippen LogP contribution < -0.4 is 5.56 Å². The van der Waals surface area contributed by atoms with Gasteiger partial charge in [-0.3, -0.25) is 4.79 Å². The van der Waals surface area contributed by atoms with Crippen LogP contribution in [0.25, 0.3) is 16.5 Å². The molecule has 3 rings (SSSR count). The molecule has 0 saturated carbocycles. The quantitative estimate of drug-likeness (QED) is 0.690. The lowest BCUT2D eigenvalue weighted by Gasteiger charge is -2.06. The van der Waals surface area contributed by atoms with Gasteiger partial charge in [-0.2, -0.15) is 9.78 Å². The molecule has 0 bridgehead atoms. The number of aromatic nitrogens is 2. The number of para-hydroxylation sites is 1. The minimum atomic E-state index is -0.478. The molecule has 0 aliphatic heterocycles. The van der Waals surface area contributed by atoms with Gasteiger partial charge >= 0.3 is 0 Å². The smallest absolute Gasteiger partial charge is 0.267 e. The third kappa shape index (κ3) is 2.06. The van der Waals surface area contributed by atoms with Crippen LogP contribution in [0.5, 0.6) is 0 Å². The summed E-state index contributed by atoms with van der Waals surface area (Å²) in [5.41, 5.74) is -0.188. The van der Waals surface area contributed by atoms with Crippen LogP contribution in [-0.4, -0.2) is 9.78 Å². The van der Waals surface area contributed by atoms with E-state index >= 15 is 0 Å². The Kier molecular flexibility index (Phi) is 2.91. The summed E-state index contributed by atoms with van der Waals surface area (Å²) in [7, 11) is 0. The van der Waals surface area contributed by atoms with E-state index in [1.54, 1.807) is 36.5 Å². The van der Waals surface area contributed by atoms with Crippen molar-refractivity contribution >= 4 is 26.7 Å². The van der Waals surface area contributed by atoms with Crippen molar-refractivity contribution in [3.63, 3.8) is 0 Å². The second-order valence-electron chi connectivity index (χ2n) is 4.04. The molecule has 1 aromatic heterocycles. The summed E-state index contributed by atoms with van der Waals surface area (Å²) in [4.78, 5) is 12.3. The lowest BCUT2D eigenvalue weighted by molar-refractivity contribution is 0.606. The summed E-state index contributed by atoms with van der Waals surface area (Å²) in [5, 5.41) is 5.24. The predicted molar refractivity (Wildman–Crippen MR) is 75.0 cm³/mol. The van der Waals surface area contributed by atoms with E-state index in [2.05, 4.69) is 21.0 Å². The average Bonchev–Trinajstić information content (AvgIpc) is 2.40. The van der Waals surface area contributed by atoms with Gasteiger partial charge in [-0.15, -0.1) is 0 Å². The normalized spacial score (nSPS) is 10.8. The molecule has 3 aromatic rings. The number of hydrogen-bond donors (Lipinski definition) is 0. The monoisotopic (exact) mass is 318 g/mol. The first-order valence-corrected chi connectivity index (χ1v) is 6.38. The molecule has 2 aromatic carbocycles. The van der Waals surface area contributed by atoms with E-state index in [-0.39, 0.29) is 11.2 Å². The second-order valence-corrected chi connectivity index (χ2v) is 4.96.